The lowest BCUT2D eigenvalue weighted by molar-refractivity contribution is 0.0898. The van der Waals surface area contributed by atoms with Crippen LogP contribution in [-0.4, -0.2) is 5.91 Å². The summed E-state index contributed by atoms with van der Waals surface area (Å²) < 4.78 is 0. The highest BCUT2D eigenvalue weighted by Crippen LogP contribution is 2.44. The molecule has 1 N–H and O–H groups in total. The number of hydrogen-bond acceptors (Lipinski definition) is 1. The topological polar surface area (TPSA) is 29.1 Å². The van der Waals surface area contributed by atoms with Crippen molar-refractivity contribution in [3.05, 3.63) is 34.9 Å². The van der Waals surface area contributed by atoms with Gasteiger partial charge in [-0.3, -0.25) is 4.79 Å². The number of benzene rings is 1. The van der Waals surface area contributed by atoms with Crippen LogP contribution < -0.4 is 5.32 Å². The molecule has 3 rings (SSSR count). The highest BCUT2D eigenvalue weighted by Gasteiger charge is 2.44. The number of fused-ring (bicyclic) bond motifs is 2. The van der Waals surface area contributed by atoms with Crippen molar-refractivity contribution in [2.75, 3.05) is 0 Å². The molecule has 2 nitrogen and oxygen atoms in total. The molecular formula is C15H19NO. The lowest BCUT2D eigenvalue weighted by Crippen LogP contribution is -2.42. The number of nitrogens with one attached hydrogen (secondary N) is 1. The first kappa shape index (κ1) is 10.8. The number of hydrogen-bond donors (Lipinski definition) is 1. The molecule has 0 unspecified atom stereocenters. The lowest BCUT2D eigenvalue weighted by Gasteiger charge is -2.37. The van der Waals surface area contributed by atoms with Gasteiger partial charge in [0.1, 0.15) is 0 Å². The number of carbonyl (C=O) groups is 1. The van der Waals surface area contributed by atoms with Crippen LogP contribution in [0.25, 0.3) is 0 Å². The maximum Gasteiger partial charge on any atom is 0.252 e. The quantitative estimate of drug-likeness (QED) is 0.727. The van der Waals surface area contributed by atoms with Gasteiger partial charge in [-0.25, -0.2) is 0 Å². The highest BCUT2D eigenvalue weighted by molar-refractivity contribution is 6.00. The molecule has 0 bridgehead atoms. The number of carbonyl (C=O) groups excluding carboxylic acids is 1. The molecule has 2 heteroatoms. The van der Waals surface area contributed by atoms with Crippen LogP contribution in [0.3, 0.4) is 0 Å². The second-order valence-corrected chi connectivity index (χ2v) is 5.77. The summed E-state index contributed by atoms with van der Waals surface area (Å²) >= 11 is 0. The molecule has 1 fully saturated rings. The van der Waals surface area contributed by atoms with E-state index in [0.29, 0.717) is 0 Å². The van der Waals surface area contributed by atoms with Crippen LogP contribution in [0.2, 0.25) is 0 Å². The Morgan fingerprint density at radius 2 is 2.00 bits per heavy atom. The fourth-order valence-electron chi connectivity index (χ4n) is 3.26. The zero-order chi connectivity index (χ0) is 12.0. The summed E-state index contributed by atoms with van der Waals surface area (Å²) in [5.41, 5.74) is 3.26. The Labute approximate surface area is 102 Å². The Balaban J connectivity index is 2.04. The maximum absolute atomic E-state index is 12.1. The Morgan fingerprint density at radius 1 is 1.29 bits per heavy atom. The first-order valence-corrected chi connectivity index (χ1v) is 6.54. The van der Waals surface area contributed by atoms with Gasteiger partial charge in [0.25, 0.3) is 5.91 Å². The van der Waals surface area contributed by atoms with Gasteiger partial charge in [-0.05, 0) is 50.2 Å². The first-order chi connectivity index (χ1) is 8.11. The summed E-state index contributed by atoms with van der Waals surface area (Å²) in [4.78, 5) is 12.1. The minimum absolute atomic E-state index is 0.0490. The van der Waals surface area contributed by atoms with Crippen LogP contribution >= 0.6 is 0 Å². The molecule has 1 amide bonds. The van der Waals surface area contributed by atoms with Gasteiger partial charge in [-0.15, -0.1) is 0 Å². The van der Waals surface area contributed by atoms with Crippen molar-refractivity contribution in [2.45, 2.75) is 45.1 Å². The second-order valence-electron chi connectivity index (χ2n) is 5.77. The van der Waals surface area contributed by atoms with Gasteiger partial charge in [0, 0.05) is 5.56 Å². The van der Waals surface area contributed by atoms with Gasteiger partial charge in [-0.2, -0.15) is 0 Å². The van der Waals surface area contributed by atoms with Crippen molar-refractivity contribution in [1.29, 1.82) is 0 Å². The zero-order valence-corrected chi connectivity index (χ0v) is 10.5. The fourth-order valence-corrected chi connectivity index (χ4v) is 3.26. The van der Waals surface area contributed by atoms with Crippen LogP contribution in [0.4, 0.5) is 0 Å². The lowest BCUT2D eigenvalue weighted by atomic mass is 9.74. The summed E-state index contributed by atoms with van der Waals surface area (Å²) in [5, 5.41) is 3.24. The van der Waals surface area contributed by atoms with Crippen LogP contribution in [0.1, 0.15) is 54.1 Å². The number of aryl methyl sites for hydroxylation is 1. The molecule has 1 aliphatic heterocycles. The Bertz CT molecular complexity index is 470. The predicted molar refractivity (Wildman–Crippen MR) is 68.0 cm³/mol. The maximum atomic E-state index is 12.1. The molecule has 0 radical (unpaired) electrons. The number of rotatable bonds is 0. The van der Waals surface area contributed by atoms with Crippen LogP contribution in [0.15, 0.2) is 18.2 Å². The van der Waals surface area contributed by atoms with Crippen LogP contribution in [0, 0.1) is 12.8 Å². The molecule has 0 atom stereocenters. The SMILES string of the molecule is Cc1ccc2c(c1)C(=O)NC21CCC(C)CC1. The van der Waals surface area contributed by atoms with Crippen molar-refractivity contribution >= 4 is 5.91 Å². The first-order valence-electron chi connectivity index (χ1n) is 6.54. The third kappa shape index (κ3) is 1.58. The Kier molecular flexibility index (Phi) is 2.29. The molecule has 1 aromatic carbocycles. The van der Waals surface area contributed by atoms with E-state index in [-0.39, 0.29) is 11.4 Å². The molecule has 0 aromatic heterocycles. The molecular weight excluding hydrogens is 210 g/mol. The Morgan fingerprint density at radius 3 is 2.71 bits per heavy atom. The van der Waals surface area contributed by atoms with Gasteiger partial charge in [0.2, 0.25) is 0 Å². The molecule has 1 aliphatic carbocycles. The highest BCUT2D eigenvalue weighted by atomic mass is 16.2. The van der Waals surface area contributed by atoms with Crippen LogP contribution in [-0.2, 0) is 5.54 Å². The molecule has 1 saturated carbocycles. The van der Waals surface area contributed by atoms with E-state index in [0.717, 1.165) is 24.3 Å². The molecule has 90 valence electrons. The van der Waals surface area contributed by atoms with E-state index in [1.807, 2.05) is 13.0 Å². The molecule has 1 spiro atoms. The fraction of sp³-hybridized carbons (Fsp3) is 0.533. The van der Waals surface area contributed by atoms with Gasteiger partial charge >= 0.3 is 0 Å². The van der Waals surface area contributed by atoms with Crippen molar-refractivity contribution < 1.29 is 4.79 Å². The normalized spacial score (nSPS) is 31.4. The molecule has 2 aliphatic rings. The smallest absolute Gasteiger partial charge is 0.252 e. The van der Waals surface area contributed by atoms with E-state index < -0.39 is 0 Å². The van der Waals surface area contributed by atoms with E-state index in [1.54, 1.807) is 0 Å². The van der Waals surface area contributed by atoms with Gasteiger partial charge in [-0.1, -0.05) is 24.6 Å². The van der Waals surface area contributed by atoms with E-state index in [9.17, 15) is 4.79 Å². The minimum Gasteiger partial charge on any atom is -0.342 e. The third-order valence-corrected chi connectivity index (χ3v) is 4.42. The Hall–Kier alpha value is -1.31. The van der Waals surface area contributed by atoms with Crippen molar-refractivity contribution in [1.82, 2.24) is 5.32 Å². The average Bonchev–Trinajstić information content (AvgIpc) is 2.57. The largest absolute Gasteiger partial charge is 0.342 e. The summed E-state index contributed by atoms with van der Waals surface area (Å²) in [6.07, 6.45) is 4.62. The van der Waals surface area contributed by atoms with Crippen molar-refractivity contribution in [3.8, 4) is 0 Å². The summed E-state index contributed by atoms with van der Waals surface area (Å²) in [6, 6.07) is 6.30. The molecule has 1 aromatic rings. The molecule has 0 saturated heterocycles. The van der Waals surface area contributed by atoms with Crippen molar-refractivity contribution in [2.24, 2.45) is 5.92 Å². The monoisotopic (exact) mass is 229 g/mol. The van der Waals surface area contributed by atoms with Crippen molar-refractivity contribution in [3.63, 3.8) is 0 Å². The standard InChI is InChI=1S/C15H19NO/c1-10-5-7-15(8-6-10)13-4-3-11(2)9-12(13)14(17)16-15/h3-4,9-10H,5-8H2,1-2H3,(H,16,17). The van der Waals surface area contributed by atoms with Gasteiger partial charge < -0.3 is 5.32 Å². The summed E-state index contributed by atoms with van der Waals surface area (Å²) in [7, 11) is 0. The van der Waals surface area contributed by atoms with Crippen LogP contribution in [0.5, 0.6) is 0 Å². The zero-order valence-electron chi connectivity index (χ0n) is 10.5. The minimum atomic E-state index is -0.0490. The predicted octanol–water partition coefficient (Wildman–Crippen LogP) is 3.14. The number of amides is 1. The van der Waals surface area contributed by atoms with Gasteiger partial charge in [0.05, 0.1) is 5.54 Å². The van der Waals surface area contributed by atoms with E-state index in [1.165, 1.54) is 24.0 Å². The molecule has 1 heterocycles. The average molecular weight is 229 g/mol. The molecule has 17 heavy (non-hydrogen) atoms. The third-order valence-electron chi connectivity index (χ3n) is 4.42. The van der Waals surface area contributed by atoms with E-state index in [2.05, 4.69) is 24.4 Å². The van der Waals surface area contributed by atoms with Gasteiger partial charge in [0.15, 0.2) is 0 Å². The van der Waals surface area contributed by atoms with E-state index in [4.69, 9.17) is 0 Å². The van der Waals surface area contributed by atoms with E-state index >= 15 is 0 Å². The summed E-state index contributed by atoms with van der Waals surface area (Å²) in [6.45, 7) is 4.35. The second kappa shape index (κ2) is 3.59. The summed E-state index contributed by atoms with van der Waals surface area (Å²) in [5.74, 6) is 0.922.